The van der Waals surface area contributed by atoms with Crippen LogP contribution in [0.25, 0.3) is 0 Å². The SMILES string of the molecule is COC(C)(C)CCSCC(O)CO. The topological polar surface area (TPSA) is 49.7 Å². The summed E-state index contributed by atoms with van der Waals surface area (Å²) in [5, 5.41) is 17.6. The van der Waals surface area contributed by atoms with E-state index < -0.39 is 6.10 Å². The number of methoxy groups -OCH3 is 1. The molecule has 2 N–H and O–H groups in total. The van der Waals surface area contributed by atoms with E-state index in [0.717, 1.165) is 12.2 Å². The summed E-state index contributed by atoms with van der Waals surface area (Å²) in [4.78, 5) is 0. The highest BCUT2D eigenvalue weighted by molar-refractivity contribution is 7.99. The minimum atomic E-state index is -0.587. The maximum atomic E-state index is 9.04. The van der Waals surface area contributed by atoms with Crippen molar-refractivity contribution in [2.45, 2.75) is 32.0 Å². The third kappa shape index (κ3) is 7.31. The summed E-state index contributed by atoms with van der Waals surface area (Å²) in [7, 11) is 1.70. The summed E-state index contributed by atoms with van der Waals surface area (Å²) in [5.41, 5.74) is -0.0861. The Hall–Kier alpha value is 0.230. The highest BCUT2D eigenvalue weighted by atomic mass is 32.2. The Morgan fingerprint density at radius 2 is 2.08 bits per heavy atom. The Morgan fingerprint density at radius 3 is 2.54 bits per heavy atom. The Kier molecular flexibility index (Phi) is 6.77. The van der Waals surface area contributed by atoms with Gasteiger partial charge in [0.25, 0.3) is 0 Å². The average Bonchev–Trinajstić information content (AvgIpc) is 2.12. The molecular weight excluding hydrogens is 188 g/mol. The zero-order chi connectivity index (χ0) is 10.3. The van der Waals surface area contributed by atoms with Gasteiger partial charge in [0.2, 0.25) is 0 Å². The van der Waals surface area contributed by atoms with Gasteiger partial charge in [-0.15, -0.1) is 0 Å². The Bertz CT molecular complexity index is 128. The molecule has 0 aromatic rings. The number of ether oxygens (including phenoxy) is 1. The lowest BCUT2D eigenvalue weighted by Crippen LogP contribution is -2.23. The lowest BCUT2D eigenvalue weighted by atomic mass is 10.1. The van der Waals surface area contributed by atoms with Gasteiger partial charge in [-0.1, -0.05) is 0 Å². The molecule has 4 heteroatoms. The second kappa shape index (κ2) is 6.65. The van der Waals surface area contributed by atoms with Crippen LogP contribution < -0.4 is 0 Å². The highest BCUT2D eigenvalue weighted by Gasteiger charge is 2.15. The van der Waals surface area contributed by atoms with E-state index in [1.165, 1.54) is 0 Å². The molecule has 3 nitrogen and oxygen atoms in total. The van der Waals surface area contributed by atoms with E-state index >= 15 is 0 Å². The fraction of sp³-hybridized carbons (Fsp3) is 1.00. The first-order chi connectivity index (χ1) is 6.02. The smallest absolute Gasteiger partial charge is 0.0861 e. The fourth-order valence-corrected chi connectivity index (χ4v) is 1.87. The number of aliphatic hydroxyl groups excluding tert-OH is 2. The molecule has 0 amide bonds. The van der Waals surface area contributed by atoms with Crippen LogP contribution in [0.2, 0.25) is 0 Å². The summed E-state index contributed by atoms with van der Waals surface area (Å²) < 4.78 is 5.25. The second-order valence-electron chi connectivity index (χ2n) is 3.63. The molecule has 0 saturated heterocycles. The van der Waals surface area contributed by atoms with Crippen LogP contribution in [0, 0.1) is 0 Å². The number of aliphatic hydroxyl groups is 2. The standard InChI is InChI=1S/C9H20O3S/c1-9(2,12-3)4-5-13-7-8(11)6-10/h8,10-11H,4-7H2,1-3H3. The highest BCUT2D eigenvalue weighted by Crippen LogP contribution is 2.17. The van der Waals surface area contributed by atoms with Crippen LogP contribution in [0.5, 0.6) is 0 Å². The van der Waals surface area contributed by atoms with Gasteiger partial charge in [0.05, 0.1) is 18.3 Å². The summed E-state index contributed by atoms with van der Waals surface area (Å²) >= 11 is 1.64. The van der Waals surface area contributed by atoms with Crippen LogP contribution >= 0.6 is 11.8 Å². The quantitative estimate of drug-likeness (QED) is 0.610. The van der Waals surface area contributed by atoms with Crippen molar-refractivity contribution in [3.05, 3.63) is 0 Å². The van der Waals surface area contributed by atoms with Crippen molar-refractivity contribution < 1.29 is 14.9 Å². The molecule has 13 heavy (non-hydrogen) atoms. The van der Waals surface area contributed by atoms with E-state index in [1.54, 1.807) is 18.9 Å². The zero-order valence-corrected chi connectivity index (χ0v) is 9.43. The largest absolute Gasteiger partial charge is 0.394 e. The van der Waals surface area contributed by atoms with E-state index in [-0.39, 0.29) is 12.2 Å². The first kappa shape index (κ1) is 13.2. The Morgan fingerprint density at radius 1 is 1.46 bits per heavy atom. The predicted octanol–water partition coefficient (Wildman–Crippen LogP) is 0.888. The molecule has 0 spiro atoms. The van der Waals surface area contributed by atoms with Gasteiger partial charge in [0, 0.05) is 12.9 Å². The number of rotatable bonds is 7. The fourth-order valence-electron chi connectivity index (χ4n) is 0.692. The second-order valence-corrected chi connectivity index (χ2v) is 4.77. The van der Waals surface area contributed by atoms with Gasteiger partial charge in [-0.3, -0.25) is 0 Å². The first-order valence-corrected chi connectivity index (χ1v) is 5.59. The van der Waals surface area contributed by atoms with Gasteiger partial charge in [-0.05, 0) is 26.0 Å². The molecule has 0 aliphatic rings. The van der Waals surface area contributed by atoms with Gasteiger partial charge < -0.3 is 14.9 Å². The summed E-state index contributed by atoms with van der Waals surface area (Å²) in [6.07, 6.45) is 0.363. The van der Waals surface area contributed by atoms with Crippen LogP contribution in [0.3, 0.4) is 0 Å². The van der Waals surface area contributed by atoms with E-state index in [2.05, 4.69) is 0 Å². The average molecular weight is 208 g/mol. The van der Waals surface area contributed by atoms with Crippen molar-refractivity contribution in [2.24, 2.45) is 0 Å². The van der Waals surface area contributed by atoms with E-state index in [1.807, 2.05) is 13.8 Å². The number of hydrogen-bond acceptors (Lipinski definition) is 4. The van der Waals surface area contributed by atoms with E-state index in [0.29, 0.717) is 5.75 Å². The van der Waals surface area contributed by atoms with Gasteiger partial charge in [0.15, 0.2) is 0 Å². The molecule has 0 heterocycles. The van der Waals surface area contributed by atoms with Crippen molar-refractivity contribution in [1.29, 1.82) is 0 Å². The van der Waals surface area contributed by atoms with Crippen molar-refractivity contribution in [2.75, 3.05) is 25.2 Å². The molecule has 0 saturated carbocycles. The van der Waals surface area contributed by atoms with Crippen molar-refractivity contribution in [3.63, 3.8) is 0 Å². The molecule has 0 aliphatic carbocycles. The third-order valence-corrected chi connectivity index (χ3v) is 3.04. The maximum absolute atomic E-state index is 9.04. The van der Waals surface area contributed by atoms with Crippen molar-refractivity contribution in [1.82, 2.24) is 0 Å². The molecule has 80 valence electrons. The maximum Gasteiger partial charge on any atom is 0.0861 e. The minimum Gasteiger partial charge on any atom is -0.394 e. The minimum absolute atomic E-state index is 0.0861. The molecule has 0 aliphatic heterocycles. The molecule has 0 bridgehead atoms. The summed E-state index contributed by atoms with van der Waals surface area (Å²) in [5.74, 6) is 1.54. The molecular formula is C9H20O3S. The molecule has 1 unspecified atom stereocenters. The molecule has 0 radical (unpaired) electrons. The normalized spacial score (nSPS) is 14.5. The van der Waals surface area contributed by atoms with Crippen LogP contribution in [-0.4, -0.2) is 47.1 Å². The van der Waals surface area contributed by atoms with Gasteiger partial charge in [-0.25, -0.2) is 0 Å². The third-order valence-electron chi connectivity index (χ3n) is 1.92. The molecule has 0 fully saturated rings. The van der Waals surface area contributed by atoms with Crippen molar-refractivity contribution >= 4 is 11.8 Å². The van der Waals surface area contributed by atoms with Gasteiger partial charge >= 0.3 is 0 Å². The van der Waals surface area contributed by atoms with Crippen LogP contribution in [0.4, 0.5) is 0 Å². The predicted molar refractivity (Wildman–Crippen MR) is 56.1 cm³/mol. The first-order valence-electron chi connectivity index (χ1n) is 4.43. The number of thioether (sulfide) groups is 1. The molecule has 0 aromatic heterocycles. The summed E-state index contributed by atoms with van der Waals surface area (Å²) in [6.45, 7) is 3.92. The molecule has 0 rings (SSSR count). The Balaban J connectivity index is 3.35. The zero-order valence-electron chi connectivity index (χ0n) is 8.62. The van der Waals surface area contributed by atoms with Crippen molar-refractivity contribution in [3.8, 4) is 0 Å². The number of hydrogen-bond donors (Lipinski definition) is 2. The molecule has 1 atom stereocenters. The lowest BCUT2D eigenvalue weighted by molar-refractivity contribution is 0.0206. The van der Waals surface area contributed by atoms with Crippen LogP contribution in [-0.2, 0) is 4.74 Å². The van der Waals surface area contributed by atoms with E-state index in [4.69, 9.17) is 14.9 Å². The van der Waals surface area contributed by atoms with Gasteiger partial charge in [0.1, 0.15) is 0 Å². The van der Waals surface area contributed by atoms with E-state index in [9.17, 15) is 0 Å². The Labute approximate surface area is 84.5 Å². The van der Waals surface area contributed by atoms with Crippen LogP contribution in [0.1, 0.15) is 20.3 Å². The monoisotopic (exact) mass is 208 g/mol. The van der Waals surface area contributed by atoms with Gasteiger partial charge in [-0.2, -0.15) is 11.8 Å². The lowest BCUT2D eigenvalue weighted by Gasteiger charge is -2.22. The van der Waals surface area contributed by atoms with Crippen LogP contribution in [0.15, 0.2) is 0 Å². The summed E-state index contributed by atoms with van der Waals surface area (Å²) in [6, 6.07) is 0. The molecule has 0 aromatic carbocycles.